The summed E-state index contributed by atoms with van der Waals surface area (Å²) in [4.78, 5) is 32.8. The van der Waals surface area contributed by atoms with Crippen LogP contribution in [0.3, 0.4) is 0 Å². The van der Waals surface area contributed by atoms with E-state index in [1.165, 1.54) is 16.2 Å². The van der Waals surface area contributed by atoms with E-state index in [-0.39, 0.29) is 11.3 Å². The van der Waals surface area contributed by atoms with Crippen LogP contribution >= 0.6 is 11.3 Å². The maximum absolute atomic E-state index is 13.4. The highest BCUT2D eigenvalue weighted by Crippen LogP contribution is 2.45. The molecule has 1 aromatic heterocycles. The van der Waals surface area contributed by atoms with Crippen molar-refractivity contribution in [2.75, 3.05) is 25.7 Å². The van der Waals surface area contributed by atoms with E-state index in [1.54, 1.807) is 74.9 Å². The third-order valence-electron chi connectivity index (χ3n) is 6.11. The first-order valence-electron chi connectivity index (χ1n) is 11.6. The van der Waals surface area contributed by atoms with Crippen LogP contribution in [0.4, 0.5) is 5.13 Å². The Balaban J connectivity index is 1.67. The summed E-state index contributed by atoms with van der Waals surface area (Å²) in [5, 5.41) is 11.7. The van der Waals surface area contributed by atoms with Gasteiger partial charge in [0, 0.05) is 5.56 Å². The predicted molar refractivity (Wildman–Crippen MR) is 142 cm³/mol. The molecule has 9 heteroatoms. The second kappa shape index (κ2) is 9.94. The lowest BCUT2D eigenvalue weighted by Gasteiger charge is -2.23. The number of amides is 1. The van der Waals surface area contributed by atoms with Gasteiger partial charge in [-0.25, -0.2) is 4.98 Å². The molecular weight excluding hydrogens is 492 g/mol. The molecule has 0 radical (unpaired) electrons. The number of ether oxygens (including phenoxy) is 3. The number of carbonyl (C=O) groups is 2. The molecule has 1 saturated heterocycles. The van der Waals surface area contributed by atoms with Gasteiger partial charge in [0.05, 0.1) is 42.7 Å². The molecule has 0 bridgehead atoms. The van der Waals surface area contributed by atoms with Crippen molar-refractivity contribution >= 4 is 44.1 Å². The Labute approximate surface area is 217 Å². The molecular formula is C28H24N2O6S. The first kappa shape index (κ1) is 24.3. The van der Waals surface area contributed by atoms with Crippen LogP contribution in [0.25, 0.3) is 16.0 Å². The second-order valence-electron chi connectivity index (χ2n) is 8.23. The molecule has 1 amide bonds. The number of aliphatic hydroxyl groups excluding tert-OH is 1. The summed E-state index contributed by atoms with van der Waals surface area (Å²) in [5.41, 5.74) is 1.68. The van der Waals surface area contributed by atoms with Crippen LogP contribution in [-0.4, -0.2) is 42.6 Å². The number of rotatable bonds is 7. The lowest BCUT2D eigenvalue weighted by Crippen LogP contribution is -2.29. The van der Waals surface area contributed by atoms with Crippen molar-refractivity contribution in [1.82, 2.24) is 4.98 Å². The number of benzene rings is 3. The molecule has 5 rings (SSSR count). The van der Waals surface area contributed by atoms with Gasteiger partial charge in [0.2, 0.25) is 0 Å². The van der Waals surface area contributed by atoms with Crippen LogP contribution in [0.1, 0.15) is 24.1 Å². The van der Waals surface area contributed by atoms with Crippen molar-refractivity contribution < 1.29 is 28.9 Å². The topological polar surface area (TPSA) is 98.2 Å². The number of hydrogen-bond donors (Lipinski definition) is 1. The number of nitrogens with zero attached hydrogens (tertiary/aromatic N) is 2. The van der Waals surface area contributed by atoms with Gasteiger partial charge in [0.15, 0.2) is 5.13 Å². The van der Waals surface area contributed by atoms with E-state index in [1.807, 2.05) is 13.0 Å². The number of fused-ring (bicyclic) bond motifs is 1. The van der Waals surface area contributed by atoms with Crippen LogP contribution < -0.4 is 19.1 Å². The molecule has 1 N–H and O–H groups in total. The molecule has 1 aliphatic rings. The van der Waals surface area contributed by atoms with Gasteiger partial charge >= 0.3 is 5.91 Å². The molecule has 37 heavy (non-hydrogen) atoms. The molecule has 2 heterocycles. The van der Waals surface area contributed by atoms with Gasteiger partial charge in [-0.05, 0) is 67.1 Å². The Morgan fingerprint density at radius 2 is 1.59 bits per heavy atom. The summed E-state index contributed by atoms with van der Waals surface area (Å²) in [6.07, 6.45) is 0. The number of thiazole rings is 1. The molecule has 3 aromatic carbocycles. The Kier molecular flexibility index (Phi) is 6.54. The summed E-state index contributed by atoms with van der Waals surface area (Å²) in [7, 11) is 3.13. The molecule has 0 spiro atoms. The van der Waals surface area contributed by atoms with E-state index in [0.717, 1.165) is 4.70 Å². The van der Waals surface area contributed by atoms with Crippen molar-refractivity contribution in [3.63, 3.8) is 0 Å². The smallest absolute Gasteiger partial charge is 0.301 e. The van der Waals surface area contributed by atoms with Crippen molar-refractivity contribution in [2.24, 2.45) is 0 Å². The van der Waals surface area contributed by atoms with Gasteiger partial charge in [-0.15, -0.1) is 0 Å². The van der Waals surface area contributed by atoms with Gasteiger partial charge in [0.25, 0.3) is 5.78 Å². The van der Waals surface area contributed by atoms with E-state index in [4.69, 9.17) is 14.2 Å². The number of aliphatic hydroxyl groups is 1. The Morgan fingerprint density at radius 1 is 0.946 bits per heavy atom. The van der Waals surface area contributed by atoms with Crippen LogP contribution in [0.15, 0.2) is 72.3 Å². The van der Waals surface area contributed by atoms with E-state index in [0.29, 0.717) is 45.6 Å². The normalized spacial score (nSPS) is 16.8. The molecule has 8 nitrogen and oxygen atoms in total. The van der Waals surface area contributed by atoms with Crippen LogP contribution in [0, 0.1) is 0 Å². The van der Waals surface area contributed by atoms with Gasteiger partial charge in [-0.2, -0.15) is 0 Å². The SMILES string of the molecule is CCOc1ccc(C(O)=C2C(=O)C(=O)N(c3nc4ccc(OC)cc4s3)[C@H]2c2ccc(OC)cc2)cc1. The summed E-state index contributed by atoms with van der Waals surface area (Å²) in [6, 6.07) is 18.3. The fraction of sp³-hybridized carbons (Fsp3) is 0.179. The summed E-state index contributed by atoms with van der Waals surface area (Å²) < 4.78 is 16.9. The Hall–Kier alpha value is -4.37. The monoisotopic (exact) mass is 516 g/mol. The van der Waals surface area contributed by atoms with Crippen molar-refractivity contribution in [3.05, 3.63) is 83.4 Å². The van der Waals surface area contributed by atoms with E-state index >= 15 is 0 Å². The average molecular weight is 517 g/mol. The number of carbonyl (C=O) groups excluding carboxylic acids is 2. The maximum Gasteiger partial charge on any atom is 0.301 e. The minimum absolute atomic E-state index is 0.0174. The van der Waals surface area contributed by atoms with Gasteiger partial charge in [-0.1, -0.05) is 23.5 Å². The average Bonchev–Trinajstić information content (AvgIpc) is 3.46. The largest absolute Gasteiger partial charge is 0.507 e. The number of Topliss-reactive ketones (excluding diaryl/α,β-unsaturated/α-hetero) is 1. The molecule has 0 unspecified atom stereocenters. The number of methoxy groups -OCH3 is 2. The molecule has 0 aliphatic carbocycles. The van der Waals surface area contributed by atoms with Crippen LogP contribution in [0.2, 0.25) is 0 Å². The van der Waals surface area contributed by atoms with Crippen molar-refractivity contribution in [1.29, 1.82) is 0 Å². The lowest BCUT2D eigenvalue weighted by atomic mass is 9.95. The van der Waals surface area contributed by atoms with Gasteiger partial charge < -0.3 is 19.3 Å². The highest BCUT2D eigenvalue weighted by Gasteiger charge is 2.48. The number of hydrogen-bond acceptors (Lipinski definition) is 8. The third-order valence-corrected chi connectivity index (χ3v) is 7.12. The minimum atomic E-state index is -0.889. The fourth-order valence-corrected chi connectivity index (χ4v) is 5.31. The third kappa shape index (κ3) is 4.38. The number of anilines is 1. The van der Waals surface area contributed by atoms with Gasteiger partial charge in [0.1, 0.15) is 23.0 Å². The van der Waals surface area contributed by atoms with Crippen LogP contribution in [-0.2, 0) is 9.59 Å². The standard InChI is InChI=1S/C28H24N2O6S/c1-4-36-19-11-7-17(8-12-19)25(31)23-24(16-5-9-18(34-2)10-6-16)30(27(33)26(23)32)28-29-21-14-13-20(35-3)15-22(21)37-28/h5-15,24,31H,4H2,1-3H3/t24-/m0/s1. The first-order chi connectivity index (χ1) is 17.9. The number of aromatic nitrogens is 1. The highest BCUT2D eigenvalue weighted by molar-refractivity contribution is 7.22. The summed E-state index contributed by atoms with van der Waals surface area (Å²) >= 11 is 1.27. The van der Waals surface area contributed by atoms with E-state index < -0.39 is 17.7 Å². The van der Waals surface area contributed by atoms with Gasteiger partial charge in [-0.3, -0.25) is 14.5 Å². The summed E-state index contributed by atoms with van der Waals surface area (Å²) in [6.45, 7) is 2.38. The Bertz CT molecular complexity index is 1510. The predicted octanol–water partition coefficient (Wildman–Crippen LogP) is 5.34. The fourth-order valence-electron chi connectivity index (χ4n) is 4.29. The zero-order valence-electron chi connectivity index (χ0n) is 20.4. The molecule has 0 saturated carbocycles. The molecule has 1 aliphatic heterocycles. The van der Waals surface area contributed by atoms with Crippen LogP contribution in [0.5, 0.6) is 17.2 Å². The Morgan fingerprint density at radius 3 is 2.24 bits per heavy atom. The molecule has 188 valence electrons. The zero-order valence-corrected chi connectivity index (χ0v) is 21.2. The van der Waals surface area contributed by atoms with E-state index in [2.05, 4.69) is 4.98 Å². The number of ketones is 1. The second-order valence-corrected chi connectivity index (χ2v) is 9.24. The lowest BCUT2D eigenvalue weighted by molar-refractivity contribution is -0.132. The van der Waals surface area contributed by atoms with Crippen molar-refractivity contribution in [3.8, 4) is 17.2 Å². The van der Waals surface area contributed by atoms with E-state index in [9.17, 15) is 14.7 Å². The van der Waals surface area contributed by atoms with Crippen molar-refractivity contribution in [2.45, 2.75) is 13.0 Å². The quantitative estimate of drug-likeness (QED) is 0.201. The first-order valence-corrected chi connectivity index (χ1v) is 12.4. The zero-order chi connectivity index (χ0) is 26.1. The maximum atomic E-state index is 13.4. The molecule has 4 aromatic rings. The molecule has 1 atom stereocenters. The summed E-state index contributed by atoms with van der Waals surface area (Å²) in [5.74, 6) is 0.0956. The highest BCUT2D eigenvalue weighted by atomic mass is 32.1. The molecule has 1 fully saturated rings. The minimum Gasteiger partial charge on any atom is -0.507 e.